The van der Waals surface area contributed by atoms with Crippen LogP contribution in [0.1, 0.15) is 23.9 Å². The normalized spacial score (nSPS) is 21.1. The van der Waals surface area contributed by atoms with E-state index in [1.807, 2.05) is 30.3 Å². The Kier molecular flexibility index (Phi) is 4.19. The Morgan fingerprint density at radius 1 is 1.20 bits per heavy atom. The number of aliphatic hydroxyl groups excluding tert-OH is 1. The third-order valence-electron chi connectivity index (χ3n) is 5.08. The molecule has 3 aromatic rings. The molecule has 2 aromatic carbocycles. The van der Waals surface area contributed by atoms with E-state index in [2.05, 4.69) is 34.7 Å². The number of aromatic nitrogens is 2. The van der Waals surface area contributed by atoms with Crippen LogP contribution in [-0.2, 0) is 13.6 Å². The molecule has 1 aromatic heterocycles. The monoisotopic (exact) mass is 337 g/mol. The van der Waals surface area contributed by atoms with Gasteiger partial charge in [0.25, 0.3) is 0 Å². The van der Waals surface area contributed by atoms with Crippen LogP contribution in [0.25, 0.3) is 11.0 Å². The summed E-state index contributed by atoms with van der Waals surface area (Å²) in [5.74, 6) is 1.87. The lowest BCUT2D eigenvalue weighted by Crippen LogP contribution is -2.25. The van der Waals surface area contributed by atoms with Gasteiger partial charge in [-0.2, -0.15) is 0 Å². The average Bonchev–Trinajstić information content (AvgIpc) is 3.16. The maximum absolute atomic E-state index is 10.2. The van der Waals surface area contributed by atoms with Gasteiger partial charge in [0.05, 0.1) is 30.8 Å². The molecule has 2 unspecified atom stereocenters. The van der Waals surface area contributed by atoms with Crippen molar-refractivity contribution in [2.24, 2.45) is 7.05 Å². The first-order chi connectivity index (χ1) is 12.2. The van der Waals surface area contributed by atoms with Gasteiger partial charge in [0, 0.05) is 19.6 Å². The second-order valence-electron chi connectivity index (χ2n) is 6.69. The third kappa shape index (κ3) is 3.01. The van der Waals surface area contributed by atoms with Crippen LogP contribution >= 0.6 is 0 Å². The average molecular weight is 337 g/mol. The fraction of sp³-hybridized carbons (Fsp3) is 0.350. The van der Waals surface area contributed by atoms with Crippen LogP contribution in [-0.4, -0.2) is 39.3 Å². The highest BCUT2D eigenvalue weighted by molar-refractivity contribution is 5.75. The Balaban J connectivity index is 1.64. The Bertz CT molecular complexity index is 890. The summed E-state index contributed by atoms with van der Waals surface area (Å²) in [7, 11) is 3.73. The summed E-state index contributed by atoms with van der Waals surface area (Å²) in [4.78, 5) is 7.08. The summed E-state index contributed by atoms with van der Waals surface area (Å²) >= 11 is 0. The molecule has 25 heavy (non-hydrogen) atoms. The van der Waals surface area contributed by atoms with Gasteiger partial charge in [-0.15, -0.1) is 0 Å². The molecule has 0 bridgehead atoms. The van der Waals surface area contributed by atoms with Crippen molar-refractivity contribution in [3.63, 3.8) is 0 Å². The van der Waals surface area contributed by atoms with E-state index in [9.17, 15) is 5.11 Å². The fourth-order valence-electron chi connectivity index (χ4n) is 3.77. The first kappa shape index (κ1) is 16.1. The van der Waals surface area contributed by atoms with Crippen molar-refractivity contribution >= 4 is 11.0 Å². The Morgan fingerprint density at radius 3 is 2.84 bits per heavy atom. The molecule has 1 fully saturated rings. The second kappa shape index (κ2) is 6.50. The molecule has 0 aliphatic carbocycles. The molecular weight excluding hydrogens is 314 g/mol. The molecule has 0 saturated carbocycles. The molecule has 130 valence electrons. The van der Waals surface area contributed by atoms with Gasteiger partial charge in [0.1, 0.15) is 11.6 Å². The Labute approximate surface area is 147 Å². The van der Waals surface area contributed by atoms with Gasteiger partial charge in [-0.05, 0) is 36.2 Å². The molecule has 5 nitrogen and oxygen atoms in total. The highest BCUT2D eigenvalue weighted by Crippen LogP contribution is 2.34. The summed E-state index contributed by atoms with van der Waals surface area (Å²) in [5, 5.41) is 10.2. The molecule has 0 radical (unpaired) electrons. The van der Waals surface area contributed by atoms with E-state index < -0.39 is 0 Å². The number of para-hydroxylation sites is 2. The van der Waals surface area contributed by atoms with E-state index in [0.29, 0.717) is 13.1 Å². The predicted molar refractivity (Wildman–Crippen MR) is 97.5 cm³/mol. The molecule has 0 amide bonds. The highest BCUT2D eigenvalue weighted by Gasteiger charge is 2.33. The quantitative estimate of drug-likeness (QED) is 0.795. The van der Waals surface area contributed by atoms with E-state index in [-0.39, 0.29) is 12.1 Å². The second-order valence-corrected chi connectivity index (χ2v) is 6.69. The number of β-amino-alcohol motifs (C(OH)–C–C–N with tert-alkyl or cyclic N) is 1. The Morgan fingerprint density at radius 2 is 2.04 bits per heavy atom. The number of aryl methyl sites for hydroxylation is 1. The number of ether oxygens (including phenoxy) is 1. The lowest BCUT2D eigenvalue weighted by Gasteiger charge is -2.24. The molecule has 2 atom stereocenters. The number of methoxy groups -OCH3 is 1. The van der Waals surface area contributed by atoms with Crippen molar-refractivity contribution in [2.75, 3.05) is 13.7 Å². The van der Waals surface area contributed by atoms with Crippen LogP contribution in [0.2, 0.25) is 0 Å². The molecule has 1 saturated heterocycles. The zero-order valence-electron chi connectivity index (χ0n) is 14.6. The summed E-state index contributed by atoms with van der Waals surface area (Å²) in [6.45, 7) is 1.37. The predicted octanol–water partition coefficient (Wildman–Crippen LogP) is 2.89. The lowest BCUT2D eigenvalue weighted by atomic mass is 10.0. The van der Waals surface area contributed by atoms with Crippen LogP contribution in [0, 0.1) is 0 Å². The minimum Gasteiger partial charge on any atom is -0.497 e. The number of nitrogens with zero attached hydrogens (tertiary/aromatic N) is 3. The number of benzene rings is 2. The van der Waals surface area contributed by atoms with E-state index in [1.54, 1.807) is 7.11 Å². The zero-order valence-corrected chi connectivity index (χ0v) is 14.6. The van der Waals surface area contributed by atoms with E-state index in [0.717, 1.165) is 29.0 Å². The van der Waals surface area contributed by atoms with Crippen molar-refractivity contribution in [3.05, 3.63) is 59.9 Å². The van der Waals surface area contributed by atoms with Gasteiger partial charge >= 0.3 is 0 Å². The van der Waals surface area contributed by atoms with E-state index in [1.165, 1.54) is 5.56 Å². The number of likely N-dealkylation sites (tertiary alicyclic amines) is 1. The van der Waals surface area contributed by atoms with Gasteiger partial charge in [-0.1, -0.05) is 24.3 Å². The van der Waals surface area contributed by atoms with Crippen molar-refractivity contribution in [1.29, 1.82) is 0 Å². The molecule has 1 aliphatic rings. The number of hydrogen-bond donors (Lipinski definition) is 1. The maximum atomic E-state index is 10.2. The first-order valence-corrected chi connectivity index (χ1v) is 8.62. The number of aliphatic hydroxyl groups is 1. The van der Waals surface area contributed by atoms with Crippen LogP contribution in [0.4, 0.5) is 0 Å². The summed E-state index contributed by atoms with van der Waals surface area (Å²) in [6.07, 6.45) is 0.419. The smallest absolute Gasteiger partial charge is 0.123 e. The molecule has 1 aliphatic heterocycles. The summed E-state index contributed by atoms with van der Waals surface area (Å²) in [6, 6.07) is 16.5. The van der Waals surface area contributed by atoms with Gasteiger partial charge in [0.15, 0.2) is 0 Å². The summed E-state index contributed by atoms with van der Waals surface area (Å²) in [5.41, 5.74) is 3.32. The zero-order chi connectivity index (χ0) is 17.4. The van der Waals surface area contributed by atoms with Crippen molar-refractivity contribution in [2.45, 2.75) is 25.1 Å². The third-order valence-corrected chi connectivity index (χ3v) is 5.08. The minimum atomic E-state index is -0.314. The standard InChI is InChI=1S/C20H23N3O2/c1-22-18-9-4-3-8-17(18)21-20(22)13-23-12-15(24)11-19(23)14-6-5-7-16(10-14)25-2/h3-10,15,19,24H,11-13H2,1-2H3. The summed E-state index contributed by atoms with van der Waals surface area (Å²) < 4.78 is 7.50. The number of rotatable bonds is 4. The van der Waals surface area contributed by atoms with Crippen LogP contribution in [0.3, 0.4) is 0 Å². The Hall–Kier alpha value is -2.37. The van der Waals surface area contributed by atoms with E-state index in [4.69, 9.17) is 9.72 Å². The molecule has 4 rings (SSSR count). The fourth-order valence-corrected chi connectivity index (χ4v) is 3.77. The van der Waals surface area contributed by atoms with Crippen molar-refractivity contribution < 1.29 is 9.84 Å². The van der Waals surface area contributed by atoms with Crippen LogP contribution in [0.15, 0.2) is 48.5 Å². The maximum Gasteiger partial charge on any atom is 0.123 e. The van der Waals surface area contributed by atoms with Gasteiger partial charge in [-0.25, -0.2) is 4.98 Å². The van der Waals surface area contributed by atoms with Gasteiger partial charge in [0.2, 0.25) is 0 Å². The van der Waals surface area contributed by atoms with Crippen molar-refractivity contribution in [3.8, 4) is 5.75 Å². The topological polar surface area (TPSA) is 50.5 Å². The highest BCUT2D eigenvalue weighted by atomic mass is 16.5. The van der Waals surface area contributed by atoms with Crippen LogP contribution < -0.4 is 4.74 Å². The van der Waals surface area contributed by atoms with Gasteiger partial charge in [-0.3, -0.25) is 4.90 Å². The lowest BCUT2D eigenvalue weighted by molar-refractivity contribution is 0.171. The molecule has 1 N–H and O–H groups in total. The molecule has 2 heterocycles. The minimum absolute atomic E-state index is 0.171. The van der Waals surface area contributed by atoms with Gasteiger partial charge < -0.3 is 14.4 Å². The molecular formula is C20H23N3O2. The number of hydrogen-bond acceptors (Lipinski definition) is 4. The first-order valence-electron chi connectivity index (χ1n) is 8.62. The molecule has 0 spiro atoms. The SMILES string of the molecule is COc1cccc(C2CC(O)CN2Cc2nc3ccccc3n2C)c1. The van der Waals surface area contributed by atoms with Crippen LogP contribution in [0.5, 0.6) is 5.75 Å². The van der Waals surface area contributed by atoms with Crippen molar-refractivity contribution in [1.82, 2.24) is 14.5 Å². The molecule has 5 heteroatoms. The largest absolute Gasteiger partial charge is 0.497 e. The number of fused-ring (bicyclic) bond motifs is 1. The number of imidazole rings is 1. The van der Waals surface area contributed by atoms with E-state index >= 15 is 0 Å².